The van der Waals surface area contributed by atoms with Crippen molar-refractivity contribution in [1.29, 1.82) is 0 Å². The van der Waals surface area contributed by atoms with Crippen LogP contribution in [0.5, 0.6) is 0 Å². The molecule has 0 spiro atoms. The van der Waals surface area contributed by atoms with Crippen molar-refractivity contribution in [1.82, 2.24) is 5.32 Å². The van der Waals surface area contributed by atoms with Crippen LogP contribution in [0.4, 0.5) is 5.69 Å². The van der Waals surface area contributed by atoms with Gasteiger partial charge in [0.25, 0.3) is 0 Å². The van der Waals surface area contributed by atoms with Crippen LogP contribution in [-0.4, -0.2) is 19.0 Å². The molecule has 0 saturated carbocycles. The Bertz CT molecular complexity index is 641. The maximum absolute atomic E-state index is 12.4. The molecule has 0 aromatic heterocycles. The fourth-order valence-electron chi connectivity index (χ4n) is 2.74. The minimum atomic E-state index is 0. The Morgan fingerprint density at radius 1 is 1.13 bits per heavy atom. The quantitative estimate of drug-likeness (QED) is 0.881. The number of carbonyl (C=O) groups is 1. The summed E-state index contributed by atoms with van der Waals surface area (Å²) in [4.78, 5) is 12.4. The van der Waals surface area contributed by atoms with Crippen molar-refractivity contribution in [3.8, 4) is 0 Å². The molecular weight excluding hydrogens is 308 g/mol. The van der Waals surface area contributed by atoms with Gasteiger partial charge in [-0.3, -0.25) is 4.79 Å². The van der Waals surface area contributed by atoms with Crippen molar-refractivity contribution in [2.75, 3.05) is 18.4 Å². The van der Waals surface area contributed by atoms with E-state index in [2.05, 4.69) is 28.8 Å². The number of hydrogen-bond acceptors (Lipinski definition) is 2. The predicted octanol–water partition coefficient (Wildman–Crippen LogP) is 3.49. The van der Waals surface area contributed by atoms with E-state index in [0.717, 1.165) is 30.8 Å². The van der Waals surface area contributed by atoms with Crippen LogP contribution < -0.4 is 10.6 Å². The standard InChI is InChI=1S/C19H22N2O.ClH/c1-14(17-12-20-13-17)19(22)21-18-10-6-5-9-16(18)11-15-7-3-2-4-8-15;/h2-10,14,17,20H,11-13H2,1H3,(H,21,22);1H. The number of carbonyl (C=O) groups excluding carboxylic acids is 1. The summed E-state index contributed by atoms with van der Waals surface area (Å²) >= 11 is 0. The number of nitrogens with one attached hydrogen (secondary N) is 2. The molecule has 122 valence electrons. The Hall–Kier alpha value is -1.84. The van der Waals surface area contributed by atoms with Crippen LogP contribution in [0.15, 0.2) is 54.6 Å². The van der Waals surface area contributed by atoms with E-state index in [4.69, 9.17) is 0 Å². The average Bonchev–Trinajstić information content (AvgIpc) is 2.48. The van der Waals surface area contributed by atoms with Gasteiger partial charge in [0, 0.05) is 11.6 Å². The highest BCUT2D eigenvalue weighted by atomic mass is 35.5. The second-order valence-corrected chi connectivity index (χ2v) is 6.02. The highest BCUT2D eigenvalue weighted by Gasteiger charge is 2.28. The van der Waals surface area contributed by atoms with E-state index in [0.29, 0.717) is 5.92 Å². The van der Waals surface area contributed by atoms with Crippen molar-refractivity contribution in [3.05, 3.63) is 65.7 Å². The molecule has 0 aliphatic carbocycles. The van der Waals surface area contributed by atoms with Crippen LogP contribution in [0.3, 0.4) is 0 Å². The van der Waals surface area contributed by atoms with Gasteiger partial charge in [-0.1, -0.05) is 55.5 Å². The molecule has 23 heavy (non-hydrogen) atoms. The maximum Gasteiger partial charge on any atom is 0.227 e. The molecule has 1 atom stereocenters. The van der Waals surface area contributed by atoms with Crippen LogP contribution in [0.25, 0.3) is 0 Å². The number of amides is 1. The first-order valence-corrected chi connectivity index (χ1v) is 7.87. The minimum absolute atomic E-state index is 0. The van der Waals surface area contributed by atoms with Gasteiger partial charge in [0.15, 0.2) is 0 Å². The third-order valence-electron chi connectivity index (χ3n) is 4.45. The van der Waals surface area contributed by atoms with Gasteiger partial charge in [0.1, 0.15) is 0 Å². The van der Waals surface area contributed by atoms with Crippen molar-refractivity contribution in [2.45, 2.75) is 13.3 Å². The minimum Gasteiger partial charge on any atom is -0.326 e. The summed E-state index contributed by atoms with van der Waals surface area (Å²) in [6.45, 7) is 3.90. The van der Waals surface area contributed by atoms with Gasteiger partial charge in [-0.2, -0.15) is 0 Å². The maximum atomic E-state index is 12.4. The smallest absolute Gasteiger partial charge is 0.227 e. The van der Waals surface area contributed by atoms with Crippen molar-refractivity contribution >= 4 is 24.0 Å². The molecule has 0 bridgehead atoms. The lowest BCUT2D eigenvalue weighted by molar-refractivity contribution is -0.121. The van der Waals surface area contributed by atoms with E-state index >= 15 is 0 Å². The summed E-state index contributed by atoms with van der Waals surface area (Å²) in [6, 6.07) is 18.4. The fourth-order valence-corrected chi connectivity index (χ4v) is 2.74. The third kappa shape index (κ3) is 4.34. The molecule has 1 fully saturated rings. The van der Waals surface area contributed by atoms with Gasteiger partial charge < -0.3 is 10.6 Å². The zero-order valence-corrected chi connectivity index (χ0v) is 14.1. The monoisotopic (exact) mass is 330 g/mol. The summed E-state index contributed by atoms with van der Waals surface area (Å²) in [5.74, 6) is 0.624. The van der Waals surface area contributed by atoms with Gasteiger partial charge in [-0.15, -0.1) is 12.4 Å². The Labute approximate surface area is 143 Å². The number of anilines is 1. The van der Waals surface area contributed by atoms with Gasteiger partial charge in [-0.25, -0.2) is 0 Å². The molecule has 3 rings (SSSR count). The van der Waals surface area contributed by atoms with Crippen LogP contribution >= 0.6 is 12.4 Å². The highest BCUT2D eigenvalue weighted by Crippen LogP contribution is 2.22. The molecule has 3 nitrogen and oxygen atoms in total. The number of benzene rings is 2. The van der Waals surface area contributed by atoms with Gasteiger partial charge in [0.05, 0.1) is 0 Å². The number of halogens is 1. The van der Waals surface area contributed by atoms with Crippen LogP contribution in [0.2, 0.25) is 0 Å². The van der Waals surface area contributed by atoms with Crippen LogP contribution in [0, 0.1) is 11.8 Å². The van der Waals surface area contributed by atoms with Crippen LogP contribution in [0.1, 0.15) is 18.1 Å². The highest BCUT2D eigenvalue weighted by molar-refractivity contribution is 5.93. The zero-order valence-electron chi connectivity index (χ0n) is 13.3. The largest absolute Gasteiger partial charge is 0.326 e. The van der Waals surface area contributed by atoms with E-state index in [-0.39, 0.29) is 24.2 Å². The molecule has 0 radical (unpaired) electrons. The first-order chi connectivity index (χ1) is 10.7. The SMILES string of the molecule is CC(C(=O)Nc1ccccc1Cc1ccccc1)C1CNC1.Cl. The zero-order chi connectivity index (χ0) is 15.4. The molecule has 1 saturated heterocycles. The molecule has 1 amide bonds. The lowest BCUT2D eigenvalue weighted by Crippen LogP contribution is -2.48. The van der Waals surface area contributed by atoms with Crippen molar-refractivity contribution in [3.63, 3.8) is 0 Å². The Kier molecular flexibility index (Phi) is 6.20. The molecule has 4 heteroatoms. The second kappa shape index (κ2) is 8.14. The molecule has 2 aromatic carbocycles. The Morgan fingerprint density at radius 3 is 2.43 bits per heavy atom. The average molecular weight is 331 g/mol. The van der Waals surface area contributed by atoms with E-state index in [9.17, 15) is 4.79 Å². The summed E-state index contributed by atoms with van der Waals surface area (Å²) in [6.07, 6.45) is 0.830. The molecule has 1 unspecified atom stereocenters. The van der Waals surface area contributed by atoms with E-state index < -0.39 is 0 Å². The molecule has 1 heterocycles. The van der Waals surface area contributed by atoms with Crippen molar-refractivity contribution in [2.24, 2.45) is 11.8 Å². The lowest BCUT2D eigenvalue weighted by Gasteiger charge is -2.31. The Morgan fingerprint density at radius 2 is 1.78 bits per heavy atom. The molecule has 1 aliphatic rings. The lowest BCUT2D eigenvalue weighted by atomic mass is 9.88. The number of para-hydroxylation sites is 1. The van der Waals surface area contributed by atoms with Gasteiger partial charge in [-0.05, 0) is 42.6 Å². The fraction of sp³-hybridized carbons (Fsp3) is 0.316. The van der Waals surface area contributed by atoms with E-state index in [1.807, 2.05) is 43.3 Å². The second-order valence-electron chi connectivity index (χ2n) is 6.02. The molecule has 2 aromatic rings. The first-order valence-electron chi connectivity index (χ1n) is 7.87. The number of rotatable bonds is 5. The topological polar surface area (TPSA) is 41.1 Å². The summed E-state index contributed by atoms with van der Waals surface area (Å²) < 4.78 is 0. The predicted molar refractivity (Wildman–Crippen MR) is 97.1 cm³/mol. The summed E-state index contributed by atoms with van der Waals surface area (Å²) in [5, 5.41) is 6.34. The molecular formula is C19H23ClN2O. The molecule has 2 N–H and O–H groups in total. The first kappa shape index (κ1) is 17.5. The summed E-state index contributed by atoms with van der Waals surface area (Å²) in [5.41, 5.74) is 3.33. The molecule has 1 aliphatic heterocycles. The third-order valence-corrected chi connectivity index (χ3v) is 4.45. The van der Waals surface area contributed by atoms with Gasteiger partial charge >= 0.3 is 0 Å². The van der Waals surface area contributed by atoms with Gasteiger partial charge in [0.2, 0.25) is 5.91 Å². The van der Waals surface area contributed by atoms with Crippen LogP contribution in [-0.2, 0) is 11.2 Å². The Balaban J connectivity index is 0.00000192. The van der Waals surface area contributed by atoms with E-state index in [1.165, 1.54) is 5.56 Å². The number of hydrogen-bond donors (Lipinski definition) is 2. The van der Waals surface area contributed by atoms with E-state index in [1.54, 1.807) is 0 Å². The summed E-state index contributed by atoms with van der Waals surface area (Å²) in [7, 11) is 0. The van der Waals surface area contributed by atoms with Crippen molar-refractivity contribution < 1.29 is 4.79 Å². The normalized spacial score (nSPS) is 15.2.